The van der Waals surface area contributed by atoms with Crippen molar-refractivity contribution in [2.75, 3.05) is 0 Å². The third-order valence-corrected chi connectivity index (χ3v) is 0. The average molecular weight is 155 g/mol. The first kappa shape index (κ1) is 16.0. The van der Waals surface area contributed by atoms with Crippen LogP contribution in [-0.4, -0.2) is 12.9 Å². The van der Waals surface area contributed by atoms with E-state index in [2.05, 4.69) is 0 Å². The molecule has 0 N–H and O–H groups in total. The fraction of sp³-hybridized carbons (Fsp3) is 0. The monoisotopic (exact) mass is 154 g/mol. The SMILES string of the molecule is O=C[O-].O=C[O-].[Zn+2]. The summed E-state index contributed by atoms with van der Waals surface area (Å²) in [4.78, 5) is 16.5. The molecule has 0 spiro atoms. The van der Waals surface area contributed by atoms with E-state index in [1.807, 2.05) is 0 Å². The van der Waals surface area contributed by atoms with Crippen LogP contribution in [0.25, 0.3) is 0 Å². The molecular weight excluding hydrogens is 153 g/mol. The van der Waals surface area contributed by atoms with Gasteiger partial charge >= 0.3 is 19.5 Å². The predicted octanol–water partition coefficient (Wildman–Crippen LogP) is -3.27. The minimum absolute atomic E-state index is 0. The first-order valence-electron chi connectivity index (χ1n) is 0.943. The second-order valence-electron chi connectivity index (χ2n) is 0.192. The van der Waals surface area contributed by atoms with E-state index in [-0.39, 0.29) is 19.5 Å². The Kier molecular flexibility index (Phi) is 108. The minimum Gasteiger partial charge on any atom is -0.554 e. The molecule has 0 aliphatic rings. The van der Waals surface area contributed by atoms with Crippen LogP contribution in [0.15, 0.2) is 0 Å². The van der Waals surface area contributed by atoms with Crippen LogP contribution in [0.2, 0.25) is 0 Å². The zero-order valence-electron chi connectivity index (χ0n) is 3.49. The van der Waals surface area contributed by atoms with Crippen LogP contribution in [0.4, 0.5) is 0 Å². The molecule has 0 saturated carbocycles. The van der Waals surface area contributed by atoms with Gasteiger partial charge in [-0.1, -0.05) is 0 Å². The van der Waals surface area contributed by atoms with Gasteiger partial charge in [0.15, 0.2) is 0 Å². The Morgan fingerprint density at radius 1 is 1.00 bits per heavy atom. The first-order chi connectivity index (χ1) is 2.83. The summed E-state index contributed by atoms with van der Waals surface area (Å²) in [6.07, 6.45) is 0. The maximum atomic E-state index is 8.25. The number of carbonyl (C=O) groups excluding carboxylic acids is 2. The maximum Gasteiger partial charge on any atom is 2.00 e. The molecule has 0 bridgehead atoms. The van der Waals surface area contributed by atoms with Gasteiger partial charge in [0.05, 0.1) is 0 Å². The van der Waals surface area contributed by atoms with Gasteiger partial charge in [0.2, 0.25) is 0 Å². The largest absolute Gasteiger partial charge is 2.00 e. The molecule has 0 aromatic heterocycles. The molecule has 0 aromatic carbocycles. The molecule has 0 heterocycles. The molecule has 0 atom stereocenters. The molecule has 0 aromatic rings. The third-order valence-electron chi connectivity index (χ3n) is 0. The molecular formula is C2H2O4Zn. The summed E-state index contributed by atoms with van der Waals surface area (Å²) in [6.45, 7) is -1.00. The van der Waals surface area contributed by atoms with Crippen molar-refractivity contribution in [2.45, 2.75) is 0 Å². The van der Waals surface area contributed by atoms with Crippen LogP contribution < -0.4 is 10.2 Å². The Hall–Kier alpha value is -0.437. The van der Waals surface area contributed by atoms with Gasteiger partial charge < -0.3 is 19.8 Å². The molecule has 4 nitrogen and oxygen atoms in total. The van der Waals surface area contributed by atoms with Gasteiger partial charge in [-0.2, -0.15) is 0 Å². The summed E-state index contributed by atoms with van der Waals surface area (Å²) in [5.41, 5.74) is 0. The topological polar surface area (TPSA) is 80.3 Å². The van der Waals surface area contributed by atoms with Crippen molar-refractivity contribution in [1.29, 1.82) is 0 Å². The molecule has 5 heteroatoms. The van der Waals surface area contributed by atoms with Crippen molar-refractivity contribution >= 4 is 12.9 Å². The van der Waals surface area contributed by atoms with Crippen LogP contribution in [0, 0.1) is 0 Å². The van der Waals surface area contributed by atoms with E-state index < -0.39 is 12.9 Å². The van der Waals surface area contributed by atoms with Gasteiger partial charge in [-0.25, -0.2) is 0 Å². The normalized spacial score (nSPS) is 3.43. The van der Waals surface area contributed by atoms with Crippen LogP contribution in [0.1, 0.15) is 0 Å². The number of hydrogen-bond acceptors (Lipinski definition) is 4. The maximum absolute atomic E-state index is 8.25. The molecule has 0 amide bonds. The van der Waals surface area contributed by atoms with Gasteiger partial charge in [-0.05, 0) is 0 Å². The number of rotatable bonds is 0. The van der Waals surface area contributed by atoms with E-state index in [1.54, 1.807) is 0 Å². The van der Waals surface area contributed by atoms with Crippen molar-refractivity contribution in [3.05, 3.63) is 0 Å². The summed E-state index contributed by atoms with van der Waals surface area (Å²) in [7, 11) is 0. The smallest absolute Gasteiger partial charge is 0.554 e. The van der Waals surface area contributed by atoms with Crippen molar-refractivity contribution < 1.29 is 39.3 Å². The average Bonchev–Trinajstić information content (AvgIpc) is 1.39. The molecule has 0 aliphatic carbocycles. The van der Waals surface area contributed by atoms with Crippen molar-refractivity contribution in [1.82, 2.24) is 0 Å². The molecule has 0 saturated heterocycles. The van der Waals surface area contributed by atoms with E-state index >= 15 is 0 Å². The molecule has 0 unspecified atom stereocenters. The fourth-order valence-electron chi connectivity index (χ4n) is 0. The Labute approximate surface area is 52.9 Å². The minimum atomic E-state index is -0.500. The van der Waals surface area contributed by atoms with Crippen LogP contribution in [0.3, 0.4) is 0 Å². The molecule has 0 rings (SSSR count). The fourth-order valence-corrected chi connectivity index (χ4v) is 0. The second-order valence-corrected chi connectivity index (χ2v) is 0.192. The van der Waals surface area contributed by atoms with Crippen molar-refractivity contribution in [2.24, 2.45) is 0 Å². The van der Waals surface area contributed by atoms with Gasteiger partial charge in [0.1, 0.15) is 0 Å². The molecule has 7 heavy (non-hydrogen) atoms. The molecule has 36 valence electrons. The quantitative estimate of drug-likeness (QED) is 0.272. The van der Waals surface area contributed by atoms with Crippen LogP contribution in [0.5, 0.6) is 0 Å². The van der Waals surface area contributed by atoms with E-state index in [9.17, 15) is 0 Å². The Morgan fingerprint density at radius 2 is 1.00 bits per heavy atom. The van der Waals surface area contributed by atoms with Gasteiger partial charge in [-0.15, -0.1) is 0 Å². The number of carbonyl (C=O) groups is 2. The third kappa shape index (κ3) is 371. The van der Waals surface area contributed by atoms with E-state index in [1.165, 1.54) is 0 Å². The van der Waals surface area contributed by atoms with E-state index in [0.29, 0.717) is 0 Å². The predicted molar refractivity (Wildman–Crippen MR) is 12.1 cm³/mol. The zero-order chi connectivity index (χ0) is 5.41. The summed E-state index contributed by atoms with van der Waals surface area (Å²) in [5.74, 6) is 0. The van der Waals surface area contributed by atoms with Crippen LogP contribution >= 0.6 is 0 Å². The summed E-state index contributed by atoms with van der Waals surface area (Å²) in [5, 5.41) is 16.5. The van der Waals surface area contributed by atoms with Crippen molar-refractivity contribution in [3.8, 4) is 0 Å². The molecule has 0 aliphatic heterocycles. The Morgan fingerprint density at radius 3 is 1.00 bits per heavy atom. The summed E-state index contributed by atoms with van der Waals surface area (Å²) >= 11 is 0. The van der Waals surface area contributed by atoms with Gasteiger partial charge in [0.25, 0.3) is 0 Å². The summed E-state index contributed by atoms with van der Waals surface area (Å²) < 4.78 is 0. The number of carboxylic acid groups (broad SMARTS) is 2. The zero-order valence-corrected chi connectivity index (χ0v) is 6.46. The van der Waals surface area contributed by atoms with Crippen LogP contribution in [-0.2, 0) is 29.1 Å². The molecule has 0 radical (unpaired) electrons. The van der Waals surface area contributed by atoms with E-state index in [0.717, 1.165) is 0 Å². The Bertz CT molecular complexity index is 30.7. The van der Waals surface area contributed by atoms with Gasteiger partial charge in [0, 0.05) is 12.9 Å². The number of hydrogen-bond donors (Lipinski definition) is 0. The first-order valence-corrected chi connectivity index (χ1v) is 0.943. The standard InChI is InChI=1S/2CH2O2.Zn/c2*2-1-3;/h2*1H,(H,2,3);/q;;+2/p-2. The summed E-state index contributed by atoms with van der Waals surface area (Å²) in [6, 6.07) is 0. The van der Waals surface area contributed by atoms with Crippen molar-refractivity contribution in [3.63, 3.8) is 0 Å². The second kappa shape index (κ2) is 47.4. The van der Waals surface area contributed by atoms with Gasteiger partial charge in [-0.3, -0.25) is 0 Å². The van der Waals surface area contributed by atoms with E-state index in [4.69, 9.17) is 19.8 Å². The Balaban J connectivity index is -0.0000000400. The molecule has 0 fully saturated rings.